The number of hydrogen-bond donors (Lipinski definition) is 6. The fourth-order valence-corrected chi connectivity index (χ4v) is 3.23. The Bertz CT molecular complexity index is 574. The number of unbranched alkanes of at least 4 members (excludes halogenated alkanes) is 3. The third kappa shape index (κ3) is 5.68. The Hall–Kier alpha value is -1.13. The molecular weight excluding hydrogens is 357 g/mol. The molecule has 0 radical (unpaired) electrons. The van der Waals surface area contributed by atoms with E-state index < -0.39 is 36.4 Å². The number of rotatable bonds is 9. The molecule has 1 aliphatic heterocycles. The maximum Gasteiger partial charge on any atom is 0.195 e. The molecule has 27 heavy (non-hydrogen) atoms. The van der Waals surface area contributed by atoms with Crippen molar-refractivity contribution in [2.45, 2.75) is 82.0 Å². The van der Waals surface area contributed by atoms with Gasteiger partial charge in [0, 0.05) is 13.0 Å². The van der Waals surface area contributed by atoms with Crippen molar-refractivity contribution in [3.63, 3.8) is 0 Å². The number of ether oxygens (including phenoxy) is 1. The number of aliphatic hydroxyl groups excluding tert-OH is 4. The van der Waals surface area contributed by atoms with Crippen LogP contribution >= 0.6 is 0 Å². The number of aliphatic hydroxyl groups is 5. The summed E-state index contributed by atoms with van der Waals surface area (Å²) in [7, 11) is 0. The molecule has 0 saturated carbocycles. The van der Waals surface area contributed by atoms with Crippen LogP contribution in [-0.2, 0) is 11.3 Å². The van der Waals surface area contributed by atoms with Gasteiger partial charge in [0.05, 0.1) is 0 Å². The van der Waals surface area contributed by atoms with Gasteiger partial charge in [0.2, 0.25) is 0 Å². The summed E-state index contributed by atoms with van der Waals surface area (Å²) in [6.45, 7) is 2.20. The van der Waals surface area contributed by atoms with Crippen molar-refractivity contribution in [1.29, 1.82) is 0 Å². The maximum absolute atomic E-state index is 12.9. The lowest BCUT2D eigenvalue weighted by Crippen LogP contribution is -2.68. The predicted molar refractivity (Wildman–Crippen MR) is 95.8 cm³/mol. The molecule has 2 rings (SSSR count). The number of nitrogens with one attached hydrogen (secondary N) is 1. The quantitative estimate of drug-likeness (QED) is 0.267. The van der Waals surface area contributed by atoms with E-state index in [1.165, 1.54) is 24.3 Å². The summed E-state index contributed by atoms with van der Waals surface area (Å²) in [5.74, 6) is -2.44. The van der Waals surface area contributed by atoms with Gasteiger partial charge in [-0.1, -0.05) is 38.3 Å². The molecule has 1 unspecified atom stereocenters. The lowest BCUT2D eigenvalue weighted by molar-refractivity contribution is -0.360. The molecule has 0 aromatic heterocycles. The zero-order valence-corrected chi connectivity index (χ0v) is 15.5. The average Bonchev–Trinajstić information content (AvgIpc) is 2.66. The number of halogens is 1. The molecular formula is C19H30FNO6. The highest BCUT2D eigenvalue weighted by Gasteiger charge is 2.53. The molecule has 1 saturated heterocycles. The van der Waals surface area contributed by atoms with Crippen LogP contribution in [-0.4, -0.2) is 62.0 Å². The lowest BCUT2D eigenvalue weighted by Gasteiger charge is -2.47. The summed E-state index contributed by atoms with van der Waals surface area (Å²) in [5.41, 5.74) is 0.691. The molecule has 0 spiro atoms. The summed E-state index contributed by atoms with van der Waals surface area (Å²) in [6.07, 6.45) is -4.29. The van der Waals surface area contributed by atoms with Gasteiger partial charge in [-0.2, -0.15) is 0 Å². The molecule has 0 bridgehead atoms. The van der Waals surface area contributed by atoms with Crippen molar-refractivity contribution >= 4 is 0 Å². The Morgan fingerprint density at radius 2 is 1.78 bits per heavy atom. The molecule has 7 nitrogen and oxygen atoms in total. The molecule has 0 aliphatic carbocycles. The fourth-order valence-electron chi connectivity index (χ4n) is 3.23. The van der Waals surface area contributed by atoms with E-state index in [-0.39, 0.29) is 18.8 Å². The highest BCUT2D eigenvalue weighted by Crippen LogP contribution is 2.33. The van der Waals surface area contributed by atoms with Gasteiger partial charge in [-0.3, -0.25) is 5.32 Å². The second-order valence-corrected chi connectivity index (χ2v) is 7.12. The summed E-state index contributed by atoms with van der Waals surface area (Å²) >= 11 is 0. The van der Waals surface area contributed by atoms with Gasteiger partial charge in [-0.15, -0.1) is 0 Å². The van der Waals surface area contributed by atoms with Crippen LogP contribution in [0, 0.1) is 5.82 Å². The Kier molecular flexibility index (Phi) is 8.11. The number of benzene rings is 1. The Morgan fingerprint density at radius 3 is 2.41 bits per heavy atom. The lowest BCUT2D eigenvalue weighted by atomic mass is 9.88. The minimum absolute atomic E-state index is 0.0686. The van der Waals surface area contributed by atoms with Crippen LogP contribution in [0.5, 0.6) is 0 Å². The van der Waals surface area contributed by atoms with Crippen LogP contribution in [0.15, 0.2) is 24.3 Å². The summed E-state index contributed by atoms with van der Waals surface area (Å²) in [4.78, 5) is 0. The van der Waals surface area contributed by atoms with Gasteiger partial charge in [-0.25, -0.2) is 4.39 Å². The normalized spacial score (nSPS) is 32.4. The molecule has 1 aliphatic rings. The van der Waals surface area contributed by atoms with Gasteiger partial charge in [0.1, 0.15) is 36.5 Å². The summed E-state index contributed by atoms with van der Waals surface area (Å²) in [6, 6.07) is 5.64. The highest BCUT2D eigenvalue weighted by molar-refractivity contribution is 5.15. The predicted octanol–water partition coefficient (Wildman–Crippen LogP) is 0.374. The van der Waals surface area contributed by atoms with Crippen molar-refractivity contribution in [3.8, 4) is 0 Å². The Labute approximate surface area is 158 Å². The van der Waals surface area contributed by atoms with Crippen molar-refractivity contribution < 1.29 is 34.7 Å². The molecule has 1 aromatic rings. The van der Waals surface area contributed by atoms with E-state index in [4.69, 9.17) is 4.74 Å². The zero-order valence-electron chi connectivity index (χ0n) is 15.5. The zero-order chi connectivity index (χ0) is 20.0. The van der Waals surface area contributed by atoms with Crippen molar-refractivity contribution in [3.05, 3.63) is 35.6 Å². The van der Waals surface area contributed by atoms with Crippen molar-refractivity contribution in [1.82, 2.24) is 5.32 Å². The van der Waals surface area contributed by atoms with Gasteiger partial charge < -0.3 is 30.3 Å². The van der Waals surface area contributed by atoms with Crippen LogP contribution < -0.4 is 5.32 Å². The number of hydrogen-bond acceptors (Lipinski definition) is 7. The third-order valence-electron chi connectivity index (χ3n) is 4.94. The first-order valence-electron chi connectivity index (χ1n) is 9.39. The van der Waals surface area contributed by atoms with Gasteiger partial charge in [0.15, 0.2) is 5.79 Å². The molecule has 1 fully saturated rings. The van der Waals surface area contributed by atoms with Crippen molar-refractivity contribution in [2.24, 2.45) is 0 Å². The van der Waals surface area contributed by atoms with Gasteiger partial charge >= 0.3 is 0 Å². The summed E-state index contributed by atoms with van der Waals surface area (Å²) in [5, 5.41) is 54.1. The molecule has 0 amide bonds. The molecule has 154 valence electrons. The third-order valence-corrected chi connectivity index (χ3v) is 4.94. The molecule has 1 heterocycles. The standard InChI is InChI=1S/C19H30FNO6/c1-2-3-4-5-10-19(26)17(24)15(23)14(22)16(27-19)18(25)21-11-12-6-8-13(20)9-7-12/h6-9,14-18,21-26H,2-5,10-11H2,1H3/t14-,15+,16+,17-,18?,19+/m1/s1. The van der Waals surface area contributed by atoms with Crippen LogP contribution in [0.2, 0.25) is 0 Å². The van der Waals surface area contributed by atoms with Gasteiger partial charge in [0.25, 0.3) is 0 Å². The van der Waals surface area contributed by atoms with E-state index in [1.807, 2.05) is 6.92 Å². The van der Waals surface area contributed by atoms with E-state index in [9.17, 15) is 29.9 Å². The van der Waals surface area contributed by atoms with Crippen molar-refractivity contribution in [2.75, 3.05) is 0 Å². The Balaban J connectivity index is 1.99. The van der Waals surface area contributed by atoms with Crippen LogP contribution in [0.25, 0.3) is 0 Å². The fraction of sp³-hybridized carbons (Fsp3) is 0.684. The van der Waals surface area contributed by atoms with E-state index in [0.29, 0.717) is 12.0 Å². The first-order chi connectivity index (χ1) is 12.8. The Morgan fingerprint density at radius 1 is 1.11 bits per heavy atom. The smallest absolute Gasteiger partial charge is 0.195 e. The van der Waals surface area contributed by atoms with Crippen LogP contribution in [0.1, 0.15) is 44.6 Å². The van der Waals surface area contributed by atoms with E-state index >= 15 is 0 Å². The van der Waals surface area contributed by atoms with Crippen LogP contribution in [0.3, 0.4) is 0 Å². The molecule has 1 aromatic carbocycles. The topological polar surface area (TPSA) is 122 Å². The minimum atomic E-state index is -2.06. The summed E-state index contributed by atoms with van der Waals surface area (Å²) < 4.78 is 18.4. The first-order valence-corrected chi connectivity index (χ1v) is 9.39. The second-order valence-electron chi connectivity index (χ2n) is 7.12. The van der Waals surface area contributed by atoms with Gasteiger partial charge in [-0.05, 0) is 24.1 Å². The monoisotopic (exact) mass is 387 g/mol. The van der Waals surface area contributed by atoms with Crippen LogP contribution in [0.4, 0.5) is 4.39 Å². The SMILES string of the molecule is CCCCCC[C@]1(O)O[C@H](C(O)NCc2ccc(F)cc2)[C@H](O)[C@H](O)[C@H]1O. The second kappa shape index (κ2) is 9.88. The molecule has 8 heteroatoms. The highest BCUT2D eigenvalue weighted by atomic mass is 19.1. The first kappa shape index (κ1) is 22.2. The molecule has 6 N–H and O–H groups in total. The van der Waals surface area contributed by atoms with E-state index in [1.54, 1.807) is 0 Å². The van der Waals surface area contributed by atoms with E-state index in [0.717, 1.165) is 19.3 Å². The largest absolute Gasteiger partial charge is 0.387 e. The maximum atomic E-state index is 12.9. The average molecular weight is 387 g/mol. The molecule has 6 atom stereocenters. The minimum Gasteiger partial charge on any atom is -0.387 e. The van der Waals surface area contributed by atoms with E-state index in [2.05, 4.69) is 5.32 Å².